The fourth-order valence-electron chi connectivity index (χ4n) is 5.21. The van der Waals surface area contributed by atoms with Crippen molar-refractivity contribution < 1.29 is 9.53 Å². The molecule has 0 aliphatic carbocycles. The molecule has 0 atom stereocenters. The van der Waals surface area contributed by atoms with Crippen molar-refractivity contribution in [1.82, 2.24) is 14.9 Å². The molecule has 0 spiro atoms. The van der Waals surface area contributed by atoms with Gasteiger partial charge in [-0.3, -0.25) is 9.59 Å². The molecule has 3 heterocycles. The van der Waals surface area contributed by atoms with E-state index in [4.69, 9.17) is 4.74 Å². The predicted octanol–water partition coefficient (Wildman–Crippen LogP) is 4.54. The summed E-state index contributed by atoms with van der Waals surface area (Å²) in [5, 5.41) is 7.36. The zero-order valence-electron chi connectivity index (χ0n) is 20.5. The maximum atomic E-state index is 13.6. The van der Waals surface area contributed by atoms with Crippen LogP contribution < -0.4 is 20.9 Å². The third-order valence-electron chi connectivity index (χ3n) is 6.84. The Hall–Kier alpha value is -4.00. The van der Waals surface area contributed by atoms with Crippen molar-refractivity contribution >= 4 is 22.5 Å². The molecule has 1 aliphatic rings. The second kappa shape index (κ2) is 8.98. The number of methoxy groups -OCH3 is 1. The monoisotopic (exact) mass is 470 g/mol. The fraction of sp³-hybridized carbons (Fsp3) is 0.286. The number of benzene rings is 2. The van der Waals surface area contributed by atoms with Gasteiger partial charge in [0.1, 0.15) is 5.75 Å². The number of H-pyrrole nitrogens is 1. The fourth-order valence-corrected chi connectivity index (χ4v) is 5.21. The van der Waals surface area contributed by atoms with Crippen molar-refractivity contribution in [3.8, 4) is 11.4 Å². The third kappa shape index (κ3) is 3.87. The van der Waals surface area contributed by atoms with Gasteiger partial charge in [-0.2, -0.15) is 0 Å². The molecule has 5 rings (SSSR count). The Morgan fingerprint density at radius 1 is 1.14 bits per heavy atom. The van der Waals surface area contributed by atoms with E-state index in [1.807, 2.05) is 25.1 Å². The molecule has 4 aromatic rings. The topological polar surface area (TPSA) is 88.2 Å². The summed E-state index contributed by atoms with van der Waals surface area (Å²) in [5.74, 6) is 0.241. The number of hydrogen-bond donors (Lipinski definition) is 3. The molecule has 1 amide bonds. The number of carbonyl (C=O) groups is 1. The van der Waals surface area contributed by atoms with Crippen molar-refractivity contribution in [2.75, 3.05) is 19.0 Å². The SMILES string of the molecule is COc1cc(C)[nH]c(=O)c1CNC(=O)c1c(C)n(-c2c(C)ccc3c2CCCN3)c2ccccc12. The Labute approximate surface area is 204 Å². The molecule has 0 fully saturated rings. The average molecular weight is 471 g/mol. The van der Waals surface area contributed by atoms with Gasteiger partial charge in [0.15, 0.2) is 0 Å². The first-order valence-corrected chi connectivity index (χ1v) is 11.9. The molecule has 0 unspecified atom stereocenters. The van der Waals surface area contributed by atoms with E-state index in [1.54, 1.807) is 13.0 Å². The number of aromatic nitrogens is 2. The van der Waals surface area contributed by atoms with E-state index >= 15 is 0 Å². The van der Waals surface area contributed by atoms with Gasteiger partial charge in [-0.1, -0.05) is 24.3 Å². The van der Waals surface area contributed by atoms with Crippen LogP contribution >= 0.6 is 0 Å². The van der Waals surface area contributed by atoms with Gasteiger partial charge in [-0.25, -0.2) is 0 Å². The van der Waals surface area contributed by atoms with Crippen molar-refractivity contribution in [3.63, 3.8) is 0 Å². The van der Waals surface area contributed by atoms with E-state index in [9.17, 15) is 9.59 Å². The largest absolute Gasteiger partial charge is 0.496 e. The minimum absolute atomic E-state index is 0.0697. The van der Waals surface area contributed by atoms with Gasteiger partial charge in [0, 0.05) is 29.0 Å². The minimum atomic E-state index is -0.264. The number of anilines is 1. The van der Waals surface area contributed by atoms with Crippen LogP contribution in [0.1, 0.15) is 44.9 Å². The summed E-state index contributed by atoms with van der Waals surface area (Å²) < 4.78 is 7.60. The molecule has 0 saturated carbocycles. The molecule has 2 aromatic carbocycles. The Bertz CT molecular complexity index is 1510. The van der Waals surface area contributed by atoms with E-state index in [-0.39, 0.29) is 18.0 Å². The molecular formula is C28H30N4O3. The number of ether oxygens (including phenoxy) is 1. The highest BCUT2D eigenvalue weighted by Gasteiger charge is 2.25. The van der Waals surface area contributed by atoms with Crippen LogP contribution in [0, 0.1) is 20.8 Å². The average Bonchev–Trinajstić information content (AvgIpc) is 3.14. The number of amides is 1. The zero-order chi connectivity index (χ0) is 24.7. The van der Waals surface area contributed by atoms with E-state index in [2.05, 4.69) is 45.3 Å². The van der Waals surface area contributed by atoms with Gasteiger partial charge in [0.25, 0.3) is 11.5 Å². The second-order valence-electron chi connectivity index (χ2n) is 9.11. The Morgan fingerprint density at radius 3 is 2.74 bits per heavy atom. The maximum absolute atomic E-state index is 13.6. The standard InChI is InChI=1S/C28H30N4O3/c1-16-11-12-22-19(9-7-13-29-22)26(16)32-18(3)25(20-8-5-6-10-23(20)32)28(34)30-15-21-24(35-4)14-17(2)31-27(21)33/h5-6,8,10-12,14,29H,7,9,13,15H2,1-4H3,(H,30,34)(H,31,33). The summed E-state index contributed by atoms with van der Waals surface area (Å²) in [7, 11) is 1.52. The zero-order valence-corrected chi connectivity index (χ0v) is 20.5. The number of fused-ring (bicyclic) bond motifs is 2. The molecule has 7 nitrogen and oxygen atoms in total. The first kappa shape index (κ1) is 22.8. The van der Waals surface area contributed by atoms with Crippen molar-refractivity contribution in [2.24, 2.45) is 0 Å². The summed E-state index contributed by atoms with van der Waals surface area (Å²) in [6.45, 7) is 6.94. The number of carbonyl (C=O) groups excluding carboxylic acids is 1. The molecule has 0 bridgehead atoms. The van der Waals surface area contributed by atoms with Crippen molar-refractivity contribution in [2.45, 2.75) is 40.2 Å². The molecule has 0 saturated heterocycles. The number of nitrogens with one attached hydrogen (secondary N) is 3. The summed E-state index contributed by atoms with van der Waals surface area (Å²) in [6.07, 6.45) is 2.06. The van der Waals surface area contributed by atoms with Gasteiger partial charge in [-0.15, -0.1) is 0 Å². The number of pyridine rings is 1. The Morgan fingerprint density at radius 2 is 1.94 bits per heavy atom. The second-order valence-corrected chi connectivity index (χ2v) is 9.11. The highest BCUT2D eigenvalue weighted by atomic mass is 16.5. The molecule has 180 valence electrons. The summed E-state index contributed by atoms with van der Waals surface area (Å²) in [5.41, 5.74) is 8.05. The van der Waals surface area contributed by atoms with E-state index < -0.39 is 0 Å². The highest BCUT2D eigenvalue weighted by Crippen LogP contribution is 2.36. The van der Waals surface area contributed by atoms with Crippen LogP contribution in [0.4, 0.5) is 5.69 Å². The molecule has 3 N–H and O–H groups in total. The Balaban J connectivity index is 1.60. The molecule has 0 radical (unpaired) electrons. The van der Waals surface area contributed by atoms with E-state index in [1.165, 1.54) is 18.2 Å². The molecule has 7 heteroatoms. The van der Waals surface area contributed by atoms with Gasteiger partial charge in [0.2, 0.25) is 0 Å². The van der Waals surface area contributed by atoms with Gasteiger partial charge in [-0.05, 0) is 62.9 Å². The highest BCUT2D eigenvalue weighted by molar-refractivity contribution is 6.09. The summed E-state index contributed by atoms with van der Waals surface area (Å²) in [4.78, 5) is 28.9. The minimum Gasteiger partial charge on any atom is -0.496 e. The number of hydrogen-bond acceptors (Lipinski definition) is 4. The quantitative estimate of drug-likeness (QED) is 0.400. The Kier molecular flexibility index (Phi) is 5.84. The lowest BCUT2D eigenvalue weighted by Gasteiger charge is -2.24. The molecule has 35 heavy (non-hydrogen) atoms. The van der Waals surface area contributed by atoms with Gasteiger partial charge in [0.05, 0.1) is 36.0 Å². The maximum Gasteiger partial charge on any atom is 0.256 e. The number of rotatable bonds is 5. The van der Waals surface area contributed by atoms with Crippen LogP contribution in [-0.4, -0.2) is 29.1 Å². The van der Waals surface area contributed by atoms with Crippen LogP contribution in [0.5, 0.6) is 5.75 Å². The van der Waals surface area contributed by atoms with Crippen LogP contribution in [0.25, 0.3) is 16.6 Å². The van der Waals surface area contributed by atoms with Crippen LogP contribution in [0.15, 0.2) is 47.3 Å². The molecule has 2 aromatic heterocycles. The number of aromatic amines is 1. The third-order valence-corrected chi connectivity index (χ3v) is 6.84. The first-order valence-electron chi connectivity index (χ1n) is 11.9. The predicted molar refractivity (Wildman–Crippen MR) is 139 cm³/mol. The van der Waals surface area contributed by atoms with Crippen molar-refractivity contribution in [3.05, 3.63) is 86.5 Å². The van der Waals surface area contributed by atoms with E-state index in [0.717, 1.165) is 47.4 Å². The molecule has 1 aliphatic heterocycles. The normalized spacial score (nSPS) is 12.8. The number of para-hydroxylation sites is 1. The lowest BCUT2D eigenvalue weighted by molar-refractivity contribution is 0.0951. The van der Waals surface area contributed by atoms with Crippen molar-refractivity contribution in [1.29, 1.82) is 0 Å². The number of aryl methyl sites for hydroxylation is 2. The van der Waals surface area contributed by atoms with Crippen LogP contribution in [-0.2, 0) is 13.0 Å². The van der Waals surface area contributed by atoms with E-state index in [0.29, 0.717) is 22.6 Å². The molecular weight excluding hydrogens is 440 g/mol. The smallest absolute Gasteiger partial charge is 0.256 e. The van der Waals surface area contributed by atoms with Crippen LogP contribution in [0.3, 0.4) is 0 Å². The lowest BCUT2D eigenvalue weighted by atomic mass is 9.98. The first-order chi connectivity index (χ1) is 16.9. The summed E-state index contributed by atoms with van der Waals surface area (Å²) >= 11 is 0. The van der Waals surface area contributed by atoms with Gasteiger partial charge >= 0.3 is 0 Å². The summed E-state index contributed by atoms with van der Waals surface area (Å²) in [6, 6.07) is 14.0. The number of nitrogens with zero attached hydrogens (tertiary/aromatic N) is 1. The lowest BCUT2D eigenvalue weighted by Crippen LogP contribution is -2.28. The van der Waals surface area contributed by atoms with Gasteiger partial charge < -0.3 is 24.9 Å². The van der Waals surface area contributed by atoms with Crippen LogP contribution in [0.2, 0.25) is 0 Å².